The van der Waals surface area contributed by atoms with Gasteiger partial charge in [-0.15, -0.1) is 5.10 Å². The highest BCUT2D eigenvalue weighted by Crippen LogP contribution is 2.22. The lowest BCUT2D eigenvalue weighted by Crippen LogP contribution is -2.51. The van der Waals surface area contributed by atoms with E-state index in [4.69, 9.17) is 4.74 Å². The topological polar surface area (TPSA) is 115 Å². The summed E-state index contributed by atoms with van der Waals surface area (Å²) >= 11 is 0. The number of hydrogen-bond acceptors (Lipinski definition) is 7. The number of aryl methyl sites for hydroxylation is 1. The van der Waals surface area contributed by atoms with Gasteiger partial charge in [-0.3, -0.25) is 14.5 Å². The van der Waals surface area contributed by atoms with Crippen LogP contribution in [0, 0.1) is 0 Å². The van der Waals surface area contributed by atoms with Gasteiger partial charge in [-0.2, -0.15) is 0 Å². The van der Waals surface area contributed by atoms with Gasteiger partial charge in [0.15, 0.2) is 0 Å². The number of benzene rings is 1. The largest absolute Gasteiger partial charge is 0.394 e. The molecule has 9 nitrogen and oxygen atoms in total. The zero-order chi connectivity index (χ0) is 21.5. The highest BCUT2D eigenvalue weighted by Gasteiger charge is 2.32. The maximum absolute atomic E-state index is 12.3. The molecule has 0 saturated carbocycles. The predicted octanol–water partition coefficient (Wildman–Crippen LogP) is 1.39. The minimum absolute atomic E-state index is 0.0106. The molecule has 2 N–H and O–H groups in total. The second-order valence-electron chi connectivity index (χ2n) is 7.65. The zero-order valence-electron chi connectivity index (χ0n) is 17.2. The van der Waals surface area contributed by atoms with Crippen LogP contribution in [0.4, 0.5) is 0 Å². The number of nitrogens with zero attached hydrogens (tertiary/aromatic N) is 5. The second-order valence-corrected chi connectivity index (χ2v) is 7.65. The summed E-state index contributed by atoms with van der Waals surface area (Å²) in [7, 11) is 0. The van der Waals surface area contributed by atoms with Gasteiger partial charge in [0.2, 0.25) is 0 Å². The van der Waals surface area contributed by atoms with E-state index in [1.54, 1.807) is 0 Å². The Hall–Kier alpha value is -3.17. The molecule has 3 heterocycles. The molecule has 3 aromatic rings. The molecule has 0 unspecified atom stereocenters. The lowest BCUT2D eigenvalue weighted by Gasteiger charge is -2.36. The van der Waals surface area contributed by atoms with E-state index in [-0.39, 0.29) is 30.4 Å². The van der Waals surface area contributed by atoms with E-state index in [0.717, 1.165) is 31.4 Å². The Balaban J connectivity index is 1.26. The van der Waals surface area contributed by atoms with E-state index in [0.29, 0.717) is 6.54 Å². The Morgan fingerprint density at radius 3 is 2.87 bits per heavy atom. The van der Waals surface area contributed by atoms with Gasteiger partial charge in [-0.25, -0.2) is 4.98 Å². The minimum Gasteiger partial charge on any atom is -0.394 e. The molecule has 0 aliphatic carbocycles. The third-order valence-electron chi connectivity index (χ3n) is 5.40. The summed E-state index contributed by atoms with van der Waals surface area (Å²) in [6.07, 6.45) is 8.92. The van der Waals surface area contributed by atoms with Crippen molar-refractivity contribution in [3.63, 3.8) is 0 Å². The molecule has 9 heteroatoms. The van der Waals surface area contributed by atoms with Gasteiger partial charge in [-0.1, -0.05) is 35.5 Å². The Morgan fingerprint density at radius 1 is 1.23 bits per heavy atom. The molecule has 1 fully saturated rings. The molecule has 3 atom stereocenters. The Bertz CT molecular complexity index is 966. The highest BCUT2D eigenvalue weighted by atomic mass is 16.5. The maximum atomic E-state index is 12.3. The number of carbonyl (C=O) groups excluding carboxylic acids is 1. The van der Waals surface area contributed by atoms with Gasteiger partial charge >= 0.3 is 0 Å². The van der Waals surface area contributed by atoms with Gasteiger partial charge in [0.05, 0.1) is 30.6 Å². The third-order valence-corrected chi connectivity index (χ3v) is 5.40. The molecule has 1 amide bonds. The van der Waals surface area contributed by atoms with Crippen LogP contribution in [-0.4, -0.2) is 60.8 Å². The number of aliphatic hydroxyl groups is 1. The molecule has 0 radical (unpaired) electrons. The summed E-state index contributed by atoms with van der Waals surface area (Å²) < 4.78 is 7.88. The normalized spacial score (nSPS) is 21.0. The smallest absolute Gasteiger partial charge is 0.271 e. The van der Waals surface area contributed by atoms with E-state index in [9.17, 15) is 9.90 Å². The van der Waals surface area contributed by atoms with Crippen molar-refractivity contribution in [2.24, 2.45) is 0 Å². The van der Waals surface area contributed by atoms with Crippen molar-refractivity contribution < 1.29 is 14.6 Å². The molecular formula is C22H26N6O3. The second kappa shape index (κ2) is 10.2. The van der Waals surface area contributed by atoms with Crippen molar-refractivity contribution >= 4 is 5.91 Å². The third kappa shape index (κ3) is 5.71. The van der Waals surface area contributed by atoms with Crippen LogP contribution in [0.5, 0.6) is 0 Å². The first kappa shape index (κ1) is 21.1. The van der Waals surface area contributed by atoms with Gasteiger partial charge < -0.3 is 15.2 Å². The van der Waals surface area contributed by atoms with Crippen molar-refractivity contribution in [2.45, 2.75) is 50.5 Å². The predicted molar refractivity (Wildman–Crippen MR) is 112 cm³/mol. The average molecular weight is 422 g/mol. The summed E-state index contributed by atoms with van der Waals surface area (Å²) in [4.78, 5) is 20.2. The summed E-state index contributed by atoms with van der Waals surface area (Å²) in [6.45, 7) is 0.522. The maximum Gasteiger partial charge on any atom is 0.271 e. The van der Waals surface area contributed by atoms with Crippen LogP contribution < -0.4 is 5.32 Å². The van der Waals surface area contributed by atoms with Crippen LogP contribution >= 0.6 is 0 Å². The SMILES string of the molecule is O=C(N[C@@H]1CC[C@@H](CCn2cc(Cc3ccccc3)nn2)O[C@@H]1CO)c1cnccn1. The van der Waals surface area contributed by atoms with Crippen molar-refractivity contribution in [1.82, 2.24) is 30.3 Å². The molecular weight excluding hydrogens is 396 g/mol. The van der Waals surface area contributed by atoms with Gasteiger partial charge in [0.25, 0.3) is 5.91 Å². The van der Waals surface area contributed by atoms with Gasteiger partial charge in [0, 0.05) is 31.6 Å². The lowest BCUT2D eigenvalue weighted by atomic mass is 9.97. The zero-order valence-corrected chi connectivity index (χ0v) is 17.2. The van der Waals surface area contributed by atoms with Crippen LogP contribution in [0.25, 0.3) is 0 Å². The molecule has 1 aromatic carbocycles. The number of hydrogen-bond donors (Lipinski definition) is 2. The Labute approximate surface area is 180 Å². The van der Waals surface area contributed by atoms with E-state index in [1.165, 1.54) is 24.2 Å². The summed E-state index contributed by atoms with van der Waals surface area (Å²) in [5.41, 5.74) is 2.38. The molecule has 31 heavy (non-hydrogen) atoms. The first-order valence-electron chi connectivity index (χ1n) is 10.5. The molecule has 0 bridgehead atoms. The highest BCUT2D eigenvalue weighted by molar-refractivity contribution is 5.92. The Morgan fingerprint density at radius 2 is 2.10 bits per heavy atom. The monoisotopic (exact) mass is 422 g/mol. The standard InChI is InChI=1S/C22H26N6O3/c29-15-21-19(25-22(30)20-13-23-9-10-24-20)7-6-18(31-21)8-11-28-14-17(26-27-28)12-16-4-2-1-3-5-16/h1-5,9-10,13-14,18-19,21,29H,6-8,11-12,15H2,(H,25,30)/t18-,19+,21+/m0/s1. The molecule has 2 aromatic heterocycles. The fraction of sp³-hybridized carbons (Fsp3) is 0.409. The number of carbonyl (C=O) groups is 1. The van der Waals surface area contributed by atoms with Crippen LogP contribution in [0.1, 0.15) is 41.0 Å². The molecule has 162 valence electrons. The van der Waals surface area contributed by atoms with Crippen LogP contribution in [-0.2, 0) is 17.7 Å². The number of rotatable bonds is 8. The number of aliphatic hydroxyl groups excluding tert-OH is 1. The number of aromatic nitrogens is 5. The first-order chi connectivity index (χ1) is 15.2. The fourth-order valence-electron chi connectivity index (χ4n) is 3.78. The lowest BCUT2D eigenvalue weighted by molar-refractivity contribution is -0.0912. The number of nitrogens with one attached hydrogen (secondary N) is 1. The summed E-state index contributed by atoms with van der Waals surface area (Å²) in [5.74, 6) is -0.313. The van der Waals surface area contributed by atoms with E-state index >= 15 is 0 Å². The summed E-state index contributed by atoms with van der Waals surface area (Å²) in [5, 5.41) is 21.1. The average Bonchev–Trinajstić information content (AvgIpc) is 3.26. The molecule has 1 aliphatic heterocycles. The quantitative estimate of drug-likeness (QED) is 0.564. The van der Waals surface area contributed by atoms with E-state index < -0.39 is 6.10 Å². The van der Waals surface area contributed by atoms with Crippen molar-refractivity contribution in [3.8, 4) is 0 Å². The van der Waals surface area contributed by atoms with Crippen LogP contribution in [0.15, 0.2) is 55.1 Å². The minimum atomic E-state index is -0.455. The number of ether oxygens (including phenoxy) is 1. The fourth-order valence-corrected chi connectivity index (χ4v) is 3.78. The molecule has 4 rings (SSSR count). The summed E-state index contributed by atoms with van der Waals surface area (Å²) in [6, 6.07) is 9.91. The first-order valence-corrected chi connectivity index (χ1v) is 10.5. The molecule has 0 spiro atoms. The molecule has 1 saturated heterocycles. The van der Waals surface area contributed by atoms with Crippen LogP contribution in [0.3, 0.4) is 0 Å². The van der Waals surface area contributed by atoms with Gasteiger partial charge in [-0.05, 0) is 24.8 Å². The number of amides is 1. The van der Waals surface area contributed by atoms with Crippen molar-refractivity contribution in [2.75, 3.05) is 6.61 Å². The van der Waals surface area contributed by atoms with Crippen molar-refractivity contribution in [3.05, 3.63) is 72.1 Å². The van der Waals surface area contributed by atoms with Crippen LogP contribution in [0.2, 0.25) is 0 Å². The Kier molecular flexibility index (Phi) is 6.96. The van der Waals surface area contributed by atoms with Crippen molar-refractivity contribution in [1.29, 1.82) is 0 Å². The van der Waals surface area contributed by atoms with E-state index in [2.05, 4.69) is 37.7 Å². The molecule has 1 aliphatic rings. The van der Waals surface area contributed by atoms with E-state index in [1.807, 2.05) is 29.1 Å². The van der Waals surface area contributed by atoms with Gasteiger partial charge in [0.1, 0.15) is 11.8 Å².